The summed E-state index contributed by atoms with van der Waals surface area (Å²) in [5.74, 6) is 0.280. The van der Waals surface area contributed by atoms with Gasteiger partial charge in [-0.15, -0.1) is 0 Å². The van der Waals surface area contributed by atoms with E-state index < -0.39 is 7.25 Å². The van der Waals surface area contributed by atoms with Crippen LogP contribution in [0.2, 0.25) is 0 Å². The fraction of sp³-hybridized carbons (Fsp3) is 0.444. The van der Waals surface area contributed by atoms with Crippen LogP contribution in [-0.2, 0) is 18.3 Å². The molecule has 0 atom stereocenters. The molecule has 0 unspecified atom stereocenters. The second-order valence-electron chi connectivity index (χ2n) is 6.86. The molecule has 11 heteroatoms. The number of benzene rings is 1. The van der Waals surface area contributed by atoms with Crippen molar-refractivity contribution in [3.05, 3.63) is 42.5 Å². The van der Waals surface area contributed by atoms with Gasteiger partial charge in [0.05, 0.1) is 24.0 Å². The van der Waals surface area contributed by atoms with Gasteiger partial charge < -0.3 is 33.0 Å². The number of carbonyl (C=O) groups excluding carboxylic acids is 1. The molecule has 0 saturated heterocycles. The molecule has 162 valence electrons. The fourth-order valence-corrected chi connectivity index (χ4v) is 2.31. The van der Waals surface area contributed by atoms with Crippen molar-refractivity contribution < 1.29 is 31.4 Å². The number of anilines is 2. The van der Waals surface area contributed by atoms with Gasteiger partial charge in [0.2, 0.25) is 6.33 Å². The van der Waals surface area contributed by atoms with Gasteiger partial charge in [0.25, 0.3) is 0 Å². The second-order valence-corrected chi connectivity index (χ2v) is 6.86. The molecule has 6 nitrogen and oxygen atoms in total. The van der Waals surface area contributed by atoms with Crippen molar-refractivity contribution in [2.24, 2.45) is 13.0 Å². The fourth-order valence-electron chi connectivity index (χ4n) is 2.31. The number of nitrogens with one attached hydrogen (secondary N) is 1. The minimum Gasteiger partial charge on any atom is -0.458 e. The van der Waals surface area contributed by atoms with E-state index in [1.165, 1.54) is 0 Å². The molecule has 3 N–H and O–H groups in total. The molecule has 1 aromatic carbocycles. The maximum absolute atomic E-state index is 12.1. The molecule has 0 spiro atoms. The number of hydrogen-bond acceptors (Lipinski definition) is 4. The quantitative estimate of drug-likeness (QED) is 0.226. The molecule has 0 aliphatic rings. The lowest BCUT2D eigenvalue weighted by atomic mass is 10.1. The Kier molecular flexibility index (Phi) is 9.50. The highest BCUT2D eigenvalue weighted by Gasteiger charge is 2.20. The maximum atomic E-state index is 12.1. The van der Waals surface area contributed by atoms with Crippen molar-refractivity contribution >= 4 is 24.6 Å². The van der Waals surface area contributed by atoms with E-state index in [2.05, 4.69) is 19.2 Å². The van der Waals surface area contributed by atoms with Crippen LogP contribution < -0.4 is 15.6 Å². The van der Waals surface area contributed by atoms with Crippen molar-refractivity contribution in [2.45, 2.75) is 26.8 Å². The Morgan fingerprint density at radius 2 is 1.97 bits per heavy atom. The predicted octanol–water partition coefficient (Wildman–Crippen LogP) is 3.51. The summed E-state index contributed by atoms with van der Waals surface area (Å²) >= 11 is 0. The molecular formula is C18H27BF4N4O2. The standard InChI is InChI=1S/C18H26N4O2.BF4/c1-14(2)6-7-20-17-5-4-15(12-16(17)19)18(23)24-11-10-22-9-8-21(3)13-22;2-1(3,4)5/h4-5,8-9,12-14H,6-7,10-11,19H2,1-3H3;/q;-1/p+1. The molecular weight excluding hydrogens is 391 g/mol. The summed E-state index contributed by atoms with van der Waals surface area (Å²) in [6.45, 7) is 6.16. The lowest BCUT2D eigenvalue weighted by Gasteiger charge is -2.12. The van der Waals surface area contributed by atoms with Crippen LogP contribution in [0.3, 0.4) is 0 Å². The van der Waals surface area contributed by atoms with Crippen molar-refractivity contribution in [1.29, 1.82) is 0 Å². The van der Waals surface area contributed by atoms with E-state index >= 15 is 0 Å². The molecule has 0 radical (unpaired) electrons. The van der Waals surface area contributed by atoms with E-state index in [1.807, 2.05) is 41.0 Å². The van der Waals surface area contributed by atoms with Crippen LogP contribution in [0.25, 0.3) is 0 Å². The zero-order valence-corrected chi connectivity index (χ0v) is 16.7. The number of rotatable bonds is 8. The van der Waals surface area contributed by atoms with Gasteiger partial charge in [-0.05, 0) is 30.5 Å². The Balaban J connectivity index is 0.000000749. The maximum Gasteiger partial charge on any atom is 0.673 e. The molecule has 2 rings (SSSR count). The van der Waals surface area contributed by atoms with Crippen molar-refractivity contribution in [3.8, 4) is 0 Å². The molecule has 0 aliphatic heterocycles. The zero-order valence-electron chi connectivity index (χ0n) is 16.7. The smallest absolute Gasteiger partial charge is 0.458 e. The van der Waals surface area contributed by atoms with Crippen molar-refractivity contribution in [2.75, 3.05) is 24.2 Å². The number of nitrogens with two attached hydrogens (primary N) is 1. The number of imidazole rings is 1. The number of carbonyl (C=O) groups is 1. The molecule has 2 aromatic rings. The highest BCUT2D eigenvalue weighted by molar-refractivity contribution is 6.50. The largest absolute Gasteiger partial charge is 0.673 e. The van der Waals surface area contributed by atoms with Crippen LogP contribution in [0.1, 0.15) is 30.6 Å². The van der Waals surface area contributed by atoms with Gasteiger partial charge in [-0.3, -0.25) is 0 Å². The summed E-state index contributed by atoms with van der Waals surface area (Å²) in [5, 5.41) is 3.29. The highest BCUT2D eigenvalue weighted by Crippen LogP contribution is 2.20. The van der Waals surface area contributed by atoms with Crippen LogP contribution >= 0.6 is 0 Å². The Morgan fingerprint density at radius 1 is 1.31 bits per heavy atom. The van der Waals surface area contributed by atoms with Gasteiger partial charge in [0.1, 0.15) is 25.5 Å². The first-order valence-electron chi connectivity index (χ1n) is 9.14. The Morgan fingerprint density at radius 3 is 2.48 bits per heavy atom. The van der Waals surface area contributed by atoms with Crippen molar-refractivity contribution in [1.82, 2.24) is 4.57 Å². The predicted molar refractivity (Wildman–Crippen MR) is 105 cm³/mol. The molecule has 0 saturated carbocycles. The van der Waals surface area contributed by atoms with Crippen LogP contribution in [-0.4, -0.2) is 30.9 Å². The summed E-state index contributed by atoms with van der Waals surface area (Å²) in [6, 6.07) is 5.24. The van der Waals surface area contributed by atoms with Crippen LogP contribution in [0, 0.1) is 5.92 Å². The summed E-state index contributed by atoms with van der Waals surface area (Å²) < 4.78 is 48.2. The third-order valence-corrected chi connectivity index (χ3v) is 3.73. The monoisotopic (exact) mass is 418 g/mol. The number of aromatic nitrogens is 2. The van der Waals surface area contributed by atoms with E-state index in [9.17, 15) is 22.1 Å². The molecule has 0 amide bonds. The van der Waals surface area contributed by atoms with E-state index in [0.717, 1.165) is 18.7 Å². The number of hydrogen-bond donors (Lipinski definition) is 2. The van der Waals surface area contributed by atoms with E-state index in [1.54, 1.807) is 12.1 Å². The Labute approximate surface area is 167 Å². The van der Waals surface area contributed by atoms with E-state index in [-0.39, 0.29) is 5.97 Å². The SMILES string of the molecule is CC(C)CCNc1ccc(C(=O)OCCn2cc[n+](C)c2)cc1N.F[B-](F)(F)F. The van der Waals surface area contributed by atoms with E-state index in [0.29, 0.717) is 30.3 Å². The minimum atomic E-state index is -6.00. The topological polar surface area (TPSA) is 73.2 Å². The summed E-state index contributed by atoms with van der Waals surface area (Å²) in [4.78, 5) is 12.1. The number of esters is 1. The third kappa shape index (κ3) is 11.0. The average molecular weight is 418 g/mol. The second kappa shape index (κ2) is 11.3. The third-order valence-electron chi connectivity index (χ3n) is 3.73. The van der Waals surface area contributed by atoms with Crippen LogP contribution in [0.4, 0.5) is 28.6 Å². The van der Waals surface area contributed by atoms with Crippen LogP contribution in [0.5, 0.6) is 0 Å². The van der Waals surface area contributed by atoms with Gasteiger partial charge in [0, 0.05) is 6.54 Å². The number of nitrogens with zero attached hydrogens (tertiary/aromatic N) is 2. The summed E-state index contributed by atoms with van der Waals surface area (Å²) in [5.41, 5.74) is 7.91. The van der Waals surface area contributed by atoms with Crippen molar-refractivity contribution in [3.63, 3.8) is 0 Å². The number of nitrogen functional groups attached to an aromatic ring is 1. The average Bonchev–Trinajstić information content (AvgIpc) is 2.99. The summed E-state index contributed by atoms with van der Waals surface area (Å²) in [6.07, 6.45) is 6.88. The molecule has 29 heavy (non-hydrogen) atoms. The van der Waals surface area contributed by atoms with Gasteiger partial charge in [-0.1, -0.05) is 13.8 Å². The number of aryl methyl sites for hydroxylation is 1. The van der Waals surface area contributed by atoms with Gasteiger partial charge in [0.15, 0.2) is 0 Å². The first-order valence-corrected chi connectivity index (χ1v) is 9.14. The first kappa shape index (κ1) is 24.3. The number of halogens is 4. The summed E-state index contributed by atoms with van der Waals surface area (Å²) in [7, 11) is -4.05. The first-order chi connectivity index (χ1) is 13.5. The number of ether oxygens (including phenoxy) is 1. The normalized spacial score (nSPS) is 11.0. The lowest BCUT2D eigenvalue weighted by Crippen LogP contribution is -2.24. The molecule has 1 aromatic heterocycles. The molecule has 1 heterocycles. The molecule has 0 fully saturated rings. The zero-order chi connectivity index (χ0) is 22.0. The molecule has 0 aliphatic carbocycles. The lowest BCUT2D eigenvalue weighted by molar-refractivity contribution is -0.671. The minimum absolute atomic E-state index is 0.321. The van der Waals surface area contributed by atoms with Gasteiger partial charge in [-0.2, -0.15) is 0 Å². The van der Waals surface area contributed by atoms with Crippen LogP contribution in [0.15, 0.2) is 36.9 Å². The van der Waals surface area contributed by atoms with Gasteiger partial charge in [-0.25, -0.2) is 13.9 Å². The van der Waals surface area contributed by atoms with E-state index in [4.69, 9.17) is 10.5 Å². The highest BCUT2D eigenvalue weighted by atomic mass is 19.5. The Bertz CT molecular complexity index is 775. The van der Waals surface area contributed by atoms with Gasteiger partial charge >= 0.3 is 13.2 Å². The Hall–Kier alpha value is -2.72. The molecule has 0 bridgehead atoms.